The third-order valence-corrected chi connectivity index (χ3v) is 5.22. The molecule has 0 atom stereocenters. The molecule has 1 fully saturated rings. The second-order valence-corrected chi connectivity index (χ2v) is 7.57. The number of nitrogens with one attached hydrogen (secondary N) is 1. The maximum atomic E-state index is 3.73. The van der Waals surface area contributed by atoms with Gasteiger partial charge in [-0.2, -0.15) is 0 Å². The second-order valence-electron chi connectivity index (χ2n) is 6.65. The molecule has 0 aromatic heterocycles. The number of halogens is 1. The molecule has 1 aromatic carbocycles. The summed E-state index contributed by atoms with van der Waals surface area (Å²) < 4.78 is 1.17. The van der Waals surface area contributed by atoms with Crippen LogP contribution in [0.1, 0.15) is 46.1 Å². The number of piperazine rings is 1. The lowest BCUT2D eigenvalue weighted by Crippen LogP contribution is -2.67. The fourth-order valence-corrected chi connectivity index (χ4v) is 3.69. The molecule has 0 aliphatic carbocycles. The molecule has 20 heavy (non-hydrogen) atoms. The van der Waals surface area contributed by atoms with Crippen molar-refractivity contribution in [2.45, 2.75) is 58.2 Å². The summed E-state index contributed by atoms with van der Waals surface area (Å²) in [6, 6.07) is 8.70. The van der Waals surface area contributed by atoms with Gasteiger partial charge in [0.05, 0.1) is 0 Å². The monoisotopic (exact) mass is 338 g/mol. The summed E-state index contributed by atoms with van der Waals surface area (Å²) in [5.74, 6) is 0. The van der Waals surface area contributed by atoms with E-state index in [9.17, 15) is 0 Å². The van der Waals surface area contributed by atoms with E-state index in [1.54, 1.807) is 0 Å². The van der Waals surface area contributed by atoms with Gasteiger partial charge in [-0.05, 0) is 44.4 Å². The van der Waals surface area contributed by atoms with Gasteiger partial charge in [-0.1, -0.05) is 41.9 Å². The lowest BCUT2D eigenvalue weighted by molar-refractivity contribution is 0.00232. The highest BCUT2D eigenvalue weighted by Crippen LogP contribution is 2.31. The van der Waals surface area contributed by atoms with E-state index in [1.165, 1.54) is 22.9 Å². The van der Waals surface area contributed by atoms with Gasteiger partial charge >= 0.3 is 0 Å². The van der Waals surface area contributed by atoms with E-state index < -0.39 is 0 Å². The largest absolute Gasteiger partial charge is 0.309 e. The van der Waals surface area contributed by atoms with Gasteiger partial charge in [0.2, 0.25) is 0 Å². The van der Waals surface area contributed by atoms with Crippen LogP contribution in [0, 0.1) is 0 Å². The minimum Gasteiger partial charge on any atom is -0.309 e. The van der Waals surface area contributed by atoms with Crippen LogP contribution in [0.3, 0.4) is 0 Å². The van der Waals surface area contributed by atoms with Gasteiger partial charge < -0.3 is 5.32 Å². The van der Waals surface area contributed by atoms with Gasteiger partial charge in [-0.3, -0.25) is 4.90 Å². The van der Waals surface area contributed by atoms with Crippen LogP contribution in [0.4, 0.5) is 0 Å². The highest BCUT2D eigenvalue weighted by atomic mass is 79.9. The first-order valence-corrected chi connectivity index (χ1v) is 8.44. The molecule has 2 rings (SSSR count). The molecule has 3 heteroatoms. The maximum absolute atomic E-state index is 3.73. The van der Waals surface area contributed by atoms with Crippen molar-refractivity contribution >= 4 is 15.9 Å². The second kappa shape index (κ2) is 6.17. The quantitative estimate of drug-likeness (QED) is 0.885. The molecular weight excluding hydrogens is 312 g/mol. The summed E-state index contributed by atoms with van der Waals surface area (Å²) in [6.07, 6.45) is 2.39. The maximum Gasteiger partial charge on any atom is 0.0333 e. The van der Waals surface area contributed by atoms with Crippen LogP contribution in [-0.2, 0) is 6.54 Å². The Hall–Kier alpha value is -0.380. The molecule has 0 spiro atoms. The molecule has 1 aromatic rings. The first-order chi connectivity index (χ1) is 9.41. The zero-order chi connectivity index (χ0) is 14.8. The summed E-state index contributed by atoms with van der Waals surface area (Å²) in [5.41, 5.74) is 1.88. The Balaban J connectivity index is 2.23. The number of hydrogen-bond acceptors (Lipinski definition) is 2. The summed E-state index contributed by atoms with van der Waals surface area (Å²) in [5, 5.41) is 3.73. The molecule has 0 bridgehead atoms. The van der Waals surface area contributed by atoms with Crippen molar-refractivity contribution in [1.82, 2.24) is 10.2 Å². The minimum atomic E-state index is 0.194. The molecule has 0 radical (unpaired) electrons. The van der Waals surface area contributed by atoms with Crippen molar-refractivity contribution < 1.29 is 0 Å². The van der Waals surface area contributed by atoms with Gasteiger partial charge in [0.15, 0.2) is 0 Å². The van der Waals surface area contributed by atoms with Gasteiger partial charge in [0, 0.05) is 35.2 Å². The number of benzene rings is 1. The number of rotatable bonds is 4. The fraction of sp³-hybridized carbons (Fsp3) is 0.647. The Morgan fingerprint density at radius 3 is 2.55 bits per heavy atom. The Bertz CT molecular complexity index is 452. The van der Waals surface area contributed by atoms with Crippen LogP contribution < -0.4 is 5.32 Å². The summed E-state index contributed by atoms with van der Waals surface area (Å²) in [6.45, 7) is 12.5. The van der Waals surface area contributed by atoms with Crippen molar-refractivity contribution in [2.24, 2.45) is 0 Å². The number of hydrogen-bond donors (Lipinski definition) is 1. The average Bonchev–Trinajstić information content (AvgIpc) is 2.39. The lowest BCUT2D eigenvalue weighted by Gasteiger charge is -2.52. The Kier molecular flexibility index (Phi) is 4.93. The van der Waals surface area contributed by atoms with Gasteiger partial charge in [-0.15, -0.1) is 0 Å². The Labute approximate surface area is 132 Å². The van der Waals surface area contributed by atoms with Crippen molar-refractivity contribution in [3.05, 3.63) is 34.3 Å². The third kappa shape index (κ3) is 3.44. The van der Waals surface area contributed by atoms with E-state index in [2.05, 4.69) is 78.1 Å². The molecule has 0 saturated carbocycles. The highest BCUT2D eigenvalue weighted by Gasteiger charge is 2.41. The van der Waals surface area contributed by atoms with Gasteiger partial charge in [0.25, 0.3) is 0 Å². The zero-order valence-corrected chi connectivity index (χ0v) is 14.8. The normalized spacial score (nSPS) is 21.9. The van der Waals surface area contributed by atoms with Crippen LogP contribution in [0.5, 0.6) is 0 Å². The molecule has 2 nitrogen and oxygen atoms in total. The van der Waals surface area contributed by atoms with Crippen LogP contribution in [0.25, 0.3) is 0 Å². The molecular formula is C17H27BrN2. The zero-order valence-electron chi connectivity index (χ0n) is 13.2. The Morgan fingerprint density at radius 1 is 1.25 bits per heavy atom. The molecule has 112 valence electrons. The van der Waals surface area contributed by atoms with Crippen LogP contribution in [0.15, 0.2) is 28.7 Å². The average molecular weight is 339 g/mol. The van der Waals surface area contributed by atoms with Crippen LogP contribution >= 0.6 is 15.9 Å². The van der Waals surface area contributed by atoms with Crippen molar-refractivity contribution in [2.75, 3.05) is 13.1 Å². The van der Waals surface area contributed by atoms with E-state index >= 15 is 0 Å². The molecule has 1 heterocycles. The van der Waals surface area contributed by atoms with Crippen molar-refractivity contribution in [3.63, 3.8) is 0 Å². The lowest BCUT2D eigenvalue weighted by atomic mass is 9.84. The third-order valence-electron chi connectivity index (χ3n) is 4.73. The standard InChI is InChI=1S/C17H27BrN2/c1-5-17(6-2)12-19-16(3,4)13-20(17)11-14-8-7-9-15(18)10-14/h7-10,19H,5-6,11-13H2,1-4H3. The van der Waals surface area contributed by atoms with E-state index in [-0.39, 0.29) is 11.1 Å². The van der Waals surface area contributed by atoms with Gasteiger partial charge in [-0.25, -0.2) is 0 Å². The molecule has 1 N–H and O–H groups in total. The van der Waals surface area contributed by atoms with Gasteiger partial charge in [0.1, 0.15) is 0 Å². The minimum absolute atomic E-state index is 0.194. The SMILES string of the molecule is CCC1(CC)CNC(C)(C)CN1Cc1cccc(Br)c1. The van der Waals surface area contributed by atoms with E-state index in [1.807, 2.05) is 0 Å². The molecule has 1 aliphatic rings. The summed E-state index contributed by atoms with van der Waals surface area (Å²) >= 11 is 3.58. The van der Waals surface area contributed by atoms with E-state index in [4.69, 9.17) is 0 Å². The molecule has 0 unspecified atom stereocenters. The van der Waals surface area contributed by atoms with Crippen LogP contribution in [-0.4, -0.2) is 29.1 Å². The first kappa shape index (κ1) is 16.0. The van der Waals surface area contributed by atoms with Crippen LogP contribution in [0.2, 0.25) is 0 Å². The molecule has 0 amide bonds. The molecule has 1 aliphatic heterocycles. The summed E-state index contributed by atoms with van der Waals surface area (Å²) in [4.78, 5) is 2.69. The summed E-state index contributed by atoms with van der Waals surface area (Å²) in [7, 11) is 0. The Morgan fingerprint density at radius 2 is 1.95 bits per heavy atom. The van der Waals surface area contributed by atoms with Crippen molar-refractivity contribution in [3.8, 4) is 0 Å². The highest BCUT2D eigenvalue weighted by molar-refractivity contribution is 9.10. The predicted octanol–water partition coefficient (Wildman–Crippen LogP) is 4.19. The topological polar surface area (TPSA) is 15.3 Å². The number of nitrogens with zero attached hydrogens (tertiary/aromatic N) is 1. The first-order valence-electron chi connectivity index (χ1n) is 7.65. The predicted molar refractivity (Wildman–Crippen MR) is 89.9 cm³/mol. The fourth-order valence-electron chi connectivity index (χ4n) is 3.24. The smallest absolute Gasteiger partial charge is 0.0333 e. The molecule has 1 saturated heterocycles. The van der Waals surface area contributed by atoms with E-state index in [0.29, 0.717) is 0 Å². The van der Waals surface area contributed by atoms with Crippen molar-refractivity contribution in [1.29, 1.82) is 0 Å². The van der Waals surface area contributed by atoms with E-state index in [0.717, 1.165) is 19.6 Å².